The van der Waals surface area contributed by atoms with Gasteiger partial charge in [0.05, 0.1) is 16.8 Å². The Morgan fingerprint density at radius 2 is 1.58 bits per heavy atom. The van der Waals surface area contributed by atoms with E-state index in [1.165, 1.54) is 4.90 Å². The second kappa shape index (κ2) is 9.80. The summed E-state index contributed by atoms with van der Waals surface area (Å²) in [7, 11) is 0. The molecule has 0 spiro atoms. The van der Waals surface area contributed by atoms with Crippen LogP contribution in [0.25, 0.3) is 0 Å². The lowest BCUT2D eigenvalue weighted by molar-refractivity contribution is -0.132. The molecule has 0 saturated carbocycles. The highest BCUT2D eigenvalue weighted by Crippen LogP contribution is 2.35. The second-order valence-corrected chi connectivity index (χ2v) is 9.00. The molecule has 186 valence electrons. The zero-order valence-electron chi connectivity index (χ0n) is 19.7. The zero-order chi connectivity index (χ0) is 25.2. The van der Waals surface area contributed by atoms with Crippen LogP contribution in [0, 0.1) is 0 Å². The Hall–Kier alpha value is -4.21. The van der Waals surface area contributed by atoms with Crippen LogP contribution in [0.3, 0.4) is 0 Å². The molecule has 1 N–H and O–H groups in total. The third-order valence-corrected chi connectivity index (χ3v) is 6.63. The number of imide groups is 1. The van der Waals surface area contributed by atoms with Gasteiger partial charge in [0.25, 0.3) is 17.7 Å². The van der Waals surface area contributed by atoms with Crippen molar-refractivity contribution in [3.63, 3.8) is 0 Å². The molecular weight excluding hydrogens is 464 g/mol. The molecule has 1 fully saturated rings. The smallest absolute Gasteiger partial charge is 0.265 e. The molecular formula is C26H26N4O6. The van der Waals surface area contributed by atoms with E-state index in [1.807, 2.05) is 0 Å². The van der Waals surface area contributed by atoms with E-state index in [4.69, 9.17) is 4.74 Å². The lowest BCUT2D eigenvalue weighted by atomic mass is 10.1. The molecule has 10 heteroatoms. The Morgan fingerprint density at radius 3 is 2.28 bits per heavy atom. The summed E-state index contributed by atoms with van der Waals surface area (Å²) < 4.78 is 5.51. The molecule has 2 aromatic carbocycles. The number of ether oxygens (including phenoxy) is 1. The van der Waals surface area contributed by atoms with Gasteiger partial charge < -0.3 is 15.0 Å². The fraction of sp³-hybridized carbons (Fsp3) is 0.346. The Morgan fingerprint density at radius 1 is 0.889 bits per heavy atom. The van der Waals surface area contributed by atoms with E-state index >= 15 is 0 Å². The summed E-state index contributed by atoms with van der Waals surface area (Å²) in [6, 6.07) is 11.4. The highest BCUT2D eigenvalue weighted by Gasteiger charge is 2.35. The van der Waals surface area contributed by atoms with Crippen LogP contribution < -0.4 is 15.0 Å². The van der Waals surface area contributed by atoms with Gasteiger partial charge in [-0.15, -0.1) is 0 Å². The molecule has 0 unspecified atom stereocenters. The monoisotopic (exact) mass is 490 g/mol. The maximum Gasteiger partial charge on any atom is 0.265 e. The average Bonchev–Trinajstić information content (AvgIpc) is 3.14. The van der Waals surface area contributed by atoms with E-state index in [0.717, 1.165) is 24.2 Å². The zero-order valence-corrected chi connectivity index (χ0v) is 19.7. The number of nitrogens with zero attached hydrogens (tertiary/aromatic N) is 3. The van der Waals surface area contributed by atoms with Gasteiger partial charge >= 0.3 is 0 Å². The molecule has 10 nitrogen and oxygen atoms in total. The first kappa shape index (κ1) is 23.5. The summed E-state index contributed by atoms with van der Waals surface area (Å²) in [5.74, 6) is -1.23. The van der Waals surface area contributed by atoms with Gasteiger partial charge in [-0.1, -0.05) is 12.1 Å². The van der Waals surface area contributed by atoms with Gasteiger partial charge in [-0.05, 0) is 49.6 Å². The molecule has 5 amide bonds. The normalized spacial score (nSPS) is 17.0. The number of nitrogens with one attached hydrogen (secondary N) is 1. The number of anilines is 2. The Labute approximate surface area is 207 Å². The Bertz CT molecular complexity index is 1220. The van der Waals surface area contributed by atoms with Gasteiger partial charge in [0.2, 0.25) is 11.8 Å². The first-order chi connectivity index (χ1) is 17.4. The summed E-state index contributed by atoms with van der Waals surface area (Å²) in [5.41, 5.74) is 1.49. The number of amides is 5. The maximum absolute atomic E-state index is 12.8. The molecule has 0 aliphatic carbocycles. The average molecular weight is 491 g/mol. The van der Waals surface area contributed by atoms with Crippen LogP contribution in [0.2, 0.25) is 0 Å². The largest absolute Gasteiger partial charge is 0.482 e. The first-order valence-electron chi connectivity index (χ1n) is 12.0. The third kappa shape index (κ3) is 4.53. The van der Waals surface area contributed by atoms with E-state index in [9.17, 15) is 24.0 Å². The van der Waals surface area contributed by atoms with Crippen LogP contribution in [-0.4, -0.2) is 72.1 Å². The summed E-state index contributed by atoms with van der Waals surface area (Å²) in [6.07, 6.45) is 2.92. The van der Waals surface area contributed by atoms with Crippen LogP contribution in [0.1, 0.15) is 46.4 Å². The van der Waals surface area contributed by atoms with Crippen molar-refractivity contribution in [1.29, 1.82) is 0 Å². The van der Waals surface area contributed by atoms with Crippen molar-refractivity contribution in [2.75, 3.05) is 43.0 Å². The van der Waals surface area contributed by atoms with Crippen LogP contribution in [0.15, 0.2) is 42.5 Å². The van der Waals surface area contributed by atoms with Gasteiger partial charge in [0.15, 0.2) is 6.61 Å². The van der Waals surface area contributed by atoms with E-state index < -0.39 is 17.7 Å². The van der Waals surface area contributed by atoms with Crippen LogP contribution in [0.4, 0.5) is 11.4 Å². The molecule has 3 heterocycles. The first-order valence-corrected chi connectivity index (χ1v) is 12.0. The van der Waals surface area contributed by atoms with Crippen LogP contribution in [-0.2, 0) is 14.4 Å². The van der Waals surface area contributed by atoms with E-state index in [1.54, 1.807) is 47.4 Å². The minimum Gasteiger partial charge on any atom is -0.482 e. The molecule has 0 radical (unpaired) electrons. The van der Waals surface area contributed by atoms with Crippen LogP contribution >= 0.6 is 0 Å². The number of benzene rings is 2. The highest BCUT2D eigenvalue weighted by atomic mass is 16.5. The lowest BCUT2D eigenvalue weighted by Crippen LogP contribution is -2.47. The third-order valence-electron chi connectivity index (χ3n) is 6.63. The Kier molecular flexibility index (Phi) is 6.41. The summed E-state index contributed by atoms with van der Waals surface area (Å²) in [5, 5.41) is 2.74. The number of hydrogen-bond acceptors (Lipinski definition) is 6. The fourth-order valence-electron chi connectivity index (χ4n) is 4.71. The number of piperidine rings is 1. The van der Waals surface area contributed by atoms with Crippen LogP contribution in [0.5, 0.6) is 5.75 Å². The van der Waals surface area contributed by atoms with Gasteiger partial charge in [-0.25, -0.2) is 0 Å². The molecule has 0 atom stereocenters. The molecule has 5 rings (SSSR count). The van der Waals surface area contributed by atoms with Crippen molar-refractivity contribution in [2.24, 2.45) is 0 Å². The second-order valence-electron chi connectivity index (χ2n) is 9.00. The van der Waals surface area contributed by atoms with Gasteiger partial charge in [0, 0.05) is 31.7 Å². The number of carbonyl (C=O) groups is 5. The molecule has 3 aliphatic heterocycles. The standard InChI is InChI=1S/C26H26N4O6/c31-22(10-13-29-25(34)18-6-2-3-7-19(18)26(29)35)27-17-8-9-21-20(14-17)30(24(33)16-36-21)15-23(32)28-11-4-1-5-12-28/h2-3,6-9,14H,1,4-5,10-13,15-16H2,(H,27,31). The molecule has 0 aromatic heterocycles. The predicted molar refractivity (Wildman–Crippen MR) is 130 cm³/mol. The molecule has 2 aromatic rings. The fourth-order valence-corrected chi connectivity index (χ4v) is 4.71. The molecule has 1 saturated heterocycles. The highest BCUT2D eigenvalue weighted by molar-refractivity contribution is 6.21. The lowest BCUT2D eigenvalue weighted by Gasteiger charge is -2.33. The number of fused-ring (bicyclic) bond motifs is 2. The van der Waals surface area contributed by atoms with Gasteiger partial charge in [-0.3, -0.25) is 33.8 Å². The minimum absolute atomic E-state index is 0.0544. The maximum atomic E-state index is 12.8. The van der Waals surface area contributed by atoms with Crippen molar-refractivity contribution >= 4 is 40.9 Å². The number of likely N-dealkylation sites (tertiary alicyclic amines) is 1. The SMILES string of the molecule is O=C(CCN1C(=O)c2ccccc2C1=O)Nc1ccc2c(c1)N(CC(=O)N1CCCCC1)C(=O)CO2. The van der Waals surface area contributed by atoms with Crippen molar-refractivity contribution in [1.82, 2.24) is 9.80 Å². The van der Waals surface area contributed by atoms with E-state index in [-0.39, 0.29) is 37.9 Å². The molecule has 0 bridgehead atoms. The number of carbonyl (C=O) groups excluding carboxylic acids is 5. The minimum atomic E-state index is -0.415. The van der Waals surface area contributed by atoms with Crippen molar-refractivity contribution < 1.29 is 28.7 Å². The van der Waals surface area contributed by atoms with E-state index in [2.05, 4.69) is 5.32 Å². The molecule has 36 heavy (non-hydrogen) atoms. The van der Waals surface area contributed by atoms with Crippen molar-refractivity contribution in [3.05, 3.63) is 53.6 Å². The summed E-state index contributed by atoms with van der Waals surface area (Å²) in [6.45, 7) is 1.07. The quantitative estimate of drug-likeness (QED) is 0.620. The molecule has 3 aliphatic rings. The van der Waals surface area contributed by atoms with Gasteiger partial charge in [0.1, 0.15) is 12.3 Å². The number of rotatable bonds is 6. The summed E-state index contributed by atoms with van der Waals surface area (Å²) in [4.78, 5) is 67.2. The van der Waals surface area contributed by atoms with Gasteiger partial charge in [-0.2, -0.15) is 0 Å². The predicted octanol–water partition coefficient (Wildman–Crippen LogP) is 2.05. The Balaban J connectivity index is 1.24. The topological polar surface area (TPSA) is 116 Å². The van der Waals surface area contributed by atoms with Crippen molar-refractivity contribution in [3.8, 4) is 5.75 Å². The summed E-state index contributed by atoms with van der Waals surface area (Å²) >= 11 is 0. The number of hydrogen-bond donors (Lipinski definition) is 1. The van der Waals surface area contributed by atoms with Crippen molar-refractivity contribution in [2.45, 2.75) is 25.7 Å². The van der Waals surface area contributed by atoms with E-state index in [0.29, 0.717) is 41.3 Å².